The van der Waals surface area contributed by atoms with Gasteiger partial charge in [-0.05, 0) is 38.0 Å². The second-order valence-corrected chi connectivity index (χ2v) is 4.49. The first-order valence-electron chi connectivity index (χ1n) is 6.68. The number of ether oxygens (including phenoxy) is 3. The molecule has 1 N–H and O–H groups in total. The molecule has 1 aromatic rings. The van der Waals surface area contributed by atoms with Crippen LogP contribution < -0.4 is 4.74 Å². The van der Waals surface area contributed by atoms with Gasteiger partial charge in [0.05, 0.1) is 12.3 Å². The van der Waals surface area contributed by atoms with Crippen molar-refractivity contribution in [2.24, 2.45) is 5.16 Å². The summed E-state index contributed by atoms with van der Waals surface area (Å²) in [5.41, 5.74) is 2.41. The van der Waals surface area contributed by atoms with Crippen molar-refractivity contribution < 1.29 is 19.4 Å². The Balaban J connectivity index is 2.44. The first-order chi connectivity index (χ1) is 9.69. The van der Waals surface area contributed by atoms with E-state index in [1.807, 2.05) is 25.1 Å². The van der Waals surface area contributed by atoms with Crippen LogP contribution in [0.25, 0.3) is 0 Å². The van der Waals surface area contributed by atoms with Crippen LogP contribution in [0.4, 0.5) is 0 Å². The number of oxime groups is 1. The lowest BCUT2D eigenvalue weighted by Crippen LogP contribution is -2.10. The van der Waals surface area contributed by atoms with Crippen LogP contribution in [0.15, 0.2) is 23.4 Å². The maximum atomic E-state index is 8.87. The molecular formula is C15H23NO4. The molecule has 20 heavy (non-hydrogen) atoms. The second-order valence-electron chi connectivity index (χ2n) is 4.49. The zero-order chi connectivity index (χ0) is 14.8. The molecule has 0 heterocycles. The molecule has 5 heteroatoms. The average molecular weight is 281 g/mol. The monoisotopic (exact) mass is 281 g/mol. The highest BCUT2D eigenvalue weighted by atomic mass is 16.5. The fraction of sp³-hybridized carbons (Fsp3) is 0.533. The maximum absolute atomic E-state index is 8.87. The van der Waals surface area contributed by atoms with Gasteiger partial charge in [-0.3, -0.25) is 0 Å². The van der Waals surface area contributed by atoms with Gasteiger partial charge in [0, 0.05) is 25.9 Å². The highest BCUT2D eigenvalue weighted by molar-refractivity contribution is 6.00. The van der Waals surface area contributed by atoms with Crippen LogP contribution in [-0.4, -0.2) is 44.5 Å². The smallest absolute Gasteiger partial charge is 0.128 e. The van der Waals surface area contributed by atoms with Crippen LogP contribution in [0.1, 0.15) is 24.5 Å². The van der Waals surface area contributed by atoms with E-state index in [1.165, 1.54) is 0 Å². The van der Waals surface area contributed by atoms with E-state index in [9.17, 15) is 0 Å². The second kappa shape index (κ2) is 9.34. The zero-order valence-corrected chi connectivity index (χ0v) is 12.4. The number of rotatable bonds is 9. The molecule has 0 saturated carbocycles. The number of methoxy groups -OCH3 is 1. The molecule has 0 unspecified atom stereocenters. The maximum Gasteiger partial charge on any atom is 0.128 e. The Morgan fingerprint density at radius 2 is 2.00 bits per heavy atom. The van der Waals surface area contributed by atoms with E-state index in [4.69, 9.17) is 19.4 Å². The third-order valence-electron chi connectivity index (χ3n) is 2.80. The van der Waals surface area contributed by atoms with Gasteiger partial charge in [0.1, 0.15) is 12.4 Å². The Morgan fingerprint density at radius 3 is 2.70 bits per heavy atom. The minimum atomic E-state index is 0.460. The molecule has 0 radical (unpaired) electrons. The molecule has 0 aliphatic heterocycles. The first-order valence-corrected chi connectivity index (χ1v) is 6.68. The molecule has 0 saturated heterocycles. The van der Waals surface area contributed by atoms with Crippen molar-refractivity contribution in [1.29, 1.82) is 0 Å². The van der Waals surface area contributed by atoms with Gasteiger partial charge in [0.25, 0.3) is 0 Å². The number of nitrogens with zero attached hydrogens (tertiary/aromatic N) is 1. The van der Waals surface area contributed by atoms with Crippen molar-refractivity contribution in [3.05, 3.63) is 29.3 Å². The van der Waals surface area contributed by atoms with Crippen LogP contribution in [0.2, 0.25) is 0 Å². The van der Waals surface area contributed by atoms with Gasteiger partial charge < -0.3 is 19.4 Å². The summed E-state index contributed by atoms with van der Waals surface area (Å²) in [7, 11) is 1.67. The summed E-state index contributed by atoms with van der Waals surface area (Å²) in [4.78, 5) is 0. The Kier molecular flexibility index (Phi) is 7.69. The van der Waals surface area contributed by atoms with E-state index >= 15 is 0 Å². The van der Waals surface area contributed by atoms with Gasteiger partial charge in [-0.2, -0.15) is 0 Å². The Morgan fingerprint density at radius 1 is 1.20 bits per heavy atom. The SMILES string of the molecule is COCCCOCCOc1cc(C)ccc1/C(C)=N/O. The third-order valence-corrected chi connectivity index (χ3v) is 2.80. The molecule has 0 aliphatic rings. The van der Waals surface area contributed by atoms with Gasteiger partial charge in [0.2, 0.25) is 0 Å². The van der Waals surface area contributed by atoms with Crippen molar-refractivity contribution >= 4 is 5.71 Å². The summed E-state index contributed by atoms with van der Waals surface area (Å²) in [5, 5.41) is 12.1. The third kappa shape index (κ3) is 5.59. The summed E-state index contributed by atoms with van der Waals surface area (Å²) >= 11 is 0. The minimum Gasteiger partial charge on any atom is -0.490 e. The van der Waals surface area contributed by atoms with Crippen molar-refractivity contribution in [1.82, 2.24) is 0 Å². The molecule has 0 aliphatic carbocycles. The molecule has 0 aromatic heterocycles. The lowest BCUT2D eigenvalue weighted by Gasteiger charge is -2.12. The Bertz CT molecular complexity index is 432. The molecule has 0 spiro atoms. The molecule has 0 amide bonds. The number of aryl methyl sites for hydroxylation is 1. The summed E-state index contributed by atoms with van der Waals surface area (Å²) < 4.78 is 16.1. The Hall–Kier alpha value is -1.59. The molecule has 1 aromatic carbocycles. The molecule has 5 nitrogen and oxygen atoms in total. The number of hydrogen-bond donors (Lipinski definition) is 1. The molecule has 0 bridgehead atoms. The topological polar surface area (TPSA) is 60.3 Å². The van der Waals surface area contributed by atoms with Crippen LogP contribution in [0.3, 0.4) is 0 Å². The van der Waals surface area contributed by atoms with E-state index in [2.05, 4.69) is 5.16 Å². The lowest BCUT2D eigenvalue weighted by molar-refractivity contribution is 0.0806. The number of benzene rings is 1. The van der Waals surface area contributed by atoms with Crippen molar-refractivity contribution in [2.75, 3.05) is 33.5 Å². The van der Waals surface area contributed by atoms with Crippen molar-refractivity contribution in [3.8, 4) is 5.75 Å². The summed E-state index contributed by atoms with van der Waals surface area (Å²) in [6.07, 6.45) is 0.877. The largest absolute Gasteiger partial charge is 0.490 e. The van der Waals surface area contributed by atoms with Crippen LogP contribution in [0.5, 0.6) is 5.75 Å². The molecule has 1 rings (SSSR count). The van der Waals surface area contributed by atoms with Gasteiger partial charge >= 0.3 is 0 Å². The van der Waals surface area contributed by atoms with E-state index in [1.54, 1.807) is 14.0 Å². The number of hydrogen-bond acceptors (Lipinski definition) is 5. The van der Waals surface area contributed by atoms with Gasteiger partial charge in [-0.1, -0.05) is 11.2 Å². The van der Waals surface area contributed by atoms with E-state index in [-0.39, 0.29) is 0 Å². The predicted octanol–water partition coefficient (Wildman–Crippen LogP) is 2.63. The molecule has 0 fully saturated rings. The van der Waals surface area contributed by atoms with E-state index < -0.39 is 0 Å². The van der Waals surface area contributed by atoms with Gasteiger partial charge in [0.15, 0.2) is 0 Å². The summed E-state index contributed by atoms with van der Waals surface area (Å²) in [6, 6.07) is 5.77. The summed E-state index contributed by atoms with van der Waals surface area (Å²) in [5.74, 6) is 0.709. The van der Waals surface area contributed by atoms with E-state index in [0.717, 1.165) is 17.5 Å². The van der Waals surface area contributed by atoms with Crippen molar-refractivity contribution in [2.45, 2.75) is 20.3 Å². The van der Waals surface area contributed by atoms with E-state index in [0.29, 0.717) is 37.9 Å². The fourth-order valence-corrected chi connectivity index (χ4v) is 1.72. The van der Waals surface area contributed by atoms with Gasteiger partial charge in [-0.15, -0.1) is 0 Å². The van der Waals surface area contributed by atoms with Crippen molar-refractivity contribution in [3.63, 3.8) is 0 Å². The molecular weight excluding hydrogens is 258 g/mol. The standard InChI is InChI=1S/C15H23NO4/c1-12-5-6-14(13(2)16-17)15(11-12)20-10-9-19-8-4-7-18-3/h5-6,11,17H,4,7-10H2,1-3H3/b16-13+. The highest BCUT2D eigenvalue weighted by Gasteiger charge is 2.07. The zero-order valence-electron chi connectivity index (χ0n) is 12.4. The van der Waals surface area contributed by atoms with Crippen LogP contribution in [-0.2, 0) is 9.47 Å². The lowest BCUT2D eigenvalue weighted by atomic mass is 10.1. The fourth-order valence-electron chi connectivity index (χ4n) is 1.72. The Labute approximate surface area is 120 Å². The predicted molar refractivity (Wildman–Crippen MR) is 78.0 cm³/mol. The average Bonchev–Trinajstić information content (AvgIpc) is 2.45. The minimum absolute atomic E-state index is 0.460. The summed E-state index contributed by atoms with van der Waals surface area (Å²) in [6.45, 7) is 6.07. The first kappa shape index (κ1) is 16.5. The van der Waals surface area contributed by atoms with Gasteiger partial charge in [-0.25, -0.2) is 0 Å². The quantitative estimate of drug-likeness (QED) is 0.327. The van der Waals surface area contributed by atoms with Crippen LogP contribution >= 0.6 is 0 Å². The highest BCUT2D eigenvalue weighted by Crippen LogP contribution is 2.21. The molecule has 0 atom stereocenters. The molecule has 112 valence electrons. The van der Waals surface area contributed by atoms with Crippen LogP contribution in [0, 0.1) is 6.92 Å². The normalized spacial score (nSPS) is 11.7.